The summed E-state index contributed by atoms with van der Waals surface area (Å²) in [6.07, 6.45) is 4.75. The fraction of sp³-hybridized carbons (Fsp3) is 0.368. The van der Waals surface area contributed by atoms with Crippen LogP contribution >= 0.6 is 0 Å². The Balaban J connectivity index is 1.58. The summed E-state index contributed by atoms with van der Waals surface area (Å²) in [6, 6.07) is 14.0. The van der Waals surface area contributed by atoms with Crippen molar-refractivity contribution in [1.82, 2.24) is 0 Å². The second-order valence-electron chi connectivity index (χ2n) is 5.51. The van der Waals surface area contributed by atoms with E-state index < -0.39 is 0 Å². The lowest BCUT2D eigenvalue weighted by atomic mass is 10.2. The van der Waals surface area contributed by atoms with Crippen LogP contribution in [0.25, 0.3) is 0 Å². The van der Waals surface area contributed by atoms with E-state index in [1.165, 1.54) is 19.3 Å². The third-order valence-electron chi connectivity index (χ3n) is 3.69. The average Bonchev–Trinajstić information content (AvgIpc) is 3.34. The number of rotatable bonds is 9. The zero-order valence-electron chi connectivity index (χ0n) is 13.0. The second-order valence-corrected chi connectivity index (χ2v) is 5.51. The molecule has 22 heavy (non-hydrogen) atoms. The van der Waals surface area contributed by atoms with Gasteiger partial charge >= 0.3 is 0 Å². The summed E-state index contributed by atoms with van der Waals surface area (Å²) in [5.74, 6) is 3.25. The highest BCUT2D eigenvalue weighted by Gasteiger charge is 2.29. The summed E-state index contributed by atoms with van der Waals surface area (Å²) in [4.78, 5) is 0. The Morgan fingerprint density at radius 2 is 1.77 bits per heavy atom. The van der Waals surface area contributed by atoms with Crippen molar-refractivity contribution in [2.24, 2.45) is 0 Å². The van der Waals surface area contributed by atoms with Gasteiger partial charge in [-0.05, 0) is 24.1 Å². The van der Waals surface area contributed by atoms with Gasteiger partial charge < -0.3 is 14.2 Å². The van der Waals surface area contributed by atoms with E-state index in [0.717, 1.165) is 35.0 Å². The fourth-order valence-electron chi connectivity index (χ4n) is 2.38. The molecule has 0 aliphatic carbocycles. The van der Waals surface area contributed by atoms with Gasteiger partial charge in [-0.25, -0.2) is 0 Å². The van der Waals surface area contributed by atoms with E-state index in [0.29, 0.717) is 13.2 Å². The van der Waals surface area contributed by atoms with Crippen LogP contribution < -0.4 is 14.2 Å². The van der Waals surface area contributed by atoms with E-state index in [2.05, 4.69) is 19.1 Å². The Bertz CT molecular complexity index is 608. The number of benzene rings is 2. The van der Waals surface area contributed by atoms with Crippen LogP contribution in [-0.2, 0) is 6.61 Å². The Morgan fingerprint density at radius 1 is 0.909 bits per heavy atom. The van der Waals surface area contributed by atoms with Crippen molar-refractivity contribution in [3.05, 3.63) is 48.0 Å². The summed E-state index contributed by atoms with van der Waals surface area (Å²) in [6.45, 7) is 3.45. The maximum Gasteiger partial charge on any atom is 0.215 e. The minimum atomic E-state index is 0.534. The minimum absolute atomic E-state index is 0.534. The number of ether oxygens (including phenoxy) is 3. The van der Waals surface area contributed by atoms with Crippen LogP contribution in [-0.4, -0.2) is 6.61 Å². The Labute approximate surface area is 131 Å². The van der Waals surface area contributed by atoms with Crippen molar-refractivity contribution in [3.8, 4) is 23.0 Å². The fourth-order valence-corrected chi connectivity index (χ4v) is 2.38. The normalized spacial score (nSPS) is 11.5. The molecule has 0 bridgehead atoms. The first-order chi connectivity index (χ1) is 10.9. The highest BCUT2D eigenvalue weighted by molar-refractivity contribution is 5.68. The maximum atomic E-state index is 5.91. The first-order valence-electron chi connectivity index (χ1n) is 8.03. The molecule has 1 aliphatic rings. The number of hydrogen-bond acceptors (Lipinski definition) is 3. The zero-order chi connectivity index (χ0) is 15.2. The van der Waals surface area contributed by atoms with Gasteiger partial charge in [0.1, 0.15) is 6.61 Å². The molecule has 3 nitrogen and oxygen atoms in total. The monoisotopic (exact) mass is 298 g/mol. The van der Waals surface area contributed by atoms with Gasteiger partial charge in [0.15, 0.2) is 11.5 Å². The van der Waals surface area contributed by atoms with E-state index in [4.69, 9.17) is 14.2 Å². The van der Waals surface area contributed by atoms with Gasteiger partial charge in [-0.3, -0.25) is 0 Å². The lowest BCUT2D eigenvalue weighted by Crippen LogP contribution is -2.00. The lowest BCUT2D eigenvalue weighted by molar-refractivity contribution is 0.256. The maximum absolute atomic E-state index is 5.91. The molecule has 0 radical (unpaired) electrons. The van der Waals surface area contributed by atoms with E-state index in [1.54, 1.807) is 0 Å². The van der Waals surface area contributed by atoms with Gasteiger partial charge in [-0.1, -0.05) is 56.5 Å². The predicted octanol–water partition coefficient (Wildman–Crippen LogP) is 5.33. The van der Waals surface area contributed by atoms with E-state index in [-0.39, 0.29) is 0 Å². The summed E-state index contributed by atoms with van der Waals surface area (Å²) in [5, 5.41) is 0. The van der Waals surface area contributed by atoms with Crippen molar-refractivity contribution in [1.29, 1.82) is 0 Å². The van der Waals surface area contributed by atoms with E-state index >= 15 is 0 Å². The van der Waals surface area contributed by atoms with Crippen LogP contribution in [0.1, 0.15) is 38.2 Å². The van der Waals surface area contributed by atoms with E-state index in [1.807, 2.05) is 30.3 Å². The van der Waals surface area contributed by atoms with Crippen LogP contribution in [0, 0.1) is 0 Å². The van der Waals surface area contributed by atoms with Crippen molar-refractivity contribution in [3.63, 3.8) is 0 Å². The summed E-state index contributed by atoms with van der Waals surface area (Å²) in [5.41, 5.74) is 1.14. The molecule has 0 atom stereocenters. The molecule has 3 heteroatoms. The van der Waals surface area contributed by atoms with Crippen LogP contribution in [0.4, 0.5) is 0 Å². The van der Waals surface area contributed by atoms with Crippen molar-refractivity contribution in [2.75, 3.05) is 6.61 Å². The molecule has 0 fully saturated rings. The highest BCUT2D eigenvalue weighted by atomic mass is 16.6. The summed E-state index contributed by atoms with van der Waals surface area (Å²) < 4.78 is 17.3. The molecule has 0 saturated carbocycles. The zero-order valence-corrected chi connectivity index (χ0v) is 13.0. The van der Waals surface area contributed by atoms with Crippen molar-refractivity contribution in [2.45, 2.75) is 39.2 Å². The molecular formula is C19H22O3. The van der Waals surface area contributed by atoms with Gasteiger partial charge in [0.25, 0.3) is 0 Å². The molecule has 116 valence electrons. The van der Waals surface area contributed by atoms with Gasteiger partial charge in [0, 0.05) is 0 Å². The lowest BCUT2D eigenvalue weighted by Gasteiger charge is -2.11. The molecular weight excluding hydrogens is 276 g/mol. The molecule has 1 aliphatic heterocycles. The van der Waals surface area contributed by atoms with E-state index in [9.17, 15) is 0 Å². The third kappa shape index (κ3) is 3.73. The van der Waals surface area contributed by atoms with Crippen LogP contribution in [0.5, 0.6) is 23.0 Å². The molecule has 0 amide bonds. The Morgan fingerprint density at radius 3 is 2.59 bits per heavy atom. The number of fused-ring (bicyclic) bond motifs is 1. The molecule has 2 aromatic rings. The van der Waals surface area contributed by atoms with Crippen molar-refractivity contribution >= 4 is 0 Å². The second kappa shape index (κ2) is 7.21. The first kappa shape index (κ1) is 14.8. The summed E-state index contributed by atoms with van der Waals surface area (Å²) >= 11 is 0. The smallest absolute Gasteiger partial charge is 0.215 e. The SMILES string of the molecule is CCCCCCOc1c(OCc2ccccc2)ccc2c1O2. The third-order valence-corrected chi connectivity index (χ3v) is 3.69. The van der Waals surface area contributed by atoms with Crippen molar-refractivity contribution < 1.29 is 14.2 Å². The van der Waals surface area contributed by atoms with Gasteiger partial charge in [0.2, 0.25) is 11.5 Å². The van der Waals surface area contributed by atoms with Gasteiger partial charge in [-0.15, -0.1) is 0 Å². The Kier molecular flexibility index (Phi) is 4.84. The average molecular weight is 298 g/mol. The predicted molar refractivity (Wildman–Crippen MR) is 86.9 cm³/mol. The number of hydrogen-bond donors (Lipinski definition) is 0. The first-order valence-corrected chi connectivity index (χ1v) is 8.03. The highest BCUT2D eigenvalue weighted by Crippen LogP contribution is 2.56. The molecule has 0 spiro atoms. The van der Waals surface area contributed by atoms with Crippen LogP contribution in [0.2, 0.25) is 0 Å². The molecule has 1 heterocycles. The van der Waals surface area contributed by atoms with Gasteiger partial charge in [0.05, 0.1) is 6.61 Å². The van der Waals surface area contributed by atoms with Crippen LogP contribution in [0.3, 0.4) is 0 Å². The quantitative estimate of drug-likeness (QED) is 0.395. The molecule has 0 N–H and O–H groups in total. The molecule has 3 rings (SSSR count). The van der Waals surface area contributed by atoms with Crippen LogP contribution in [0.15, 0.2) is 42.5 Å². The summed E-state index contributed by atoms with van der Waals surface area (Å²) in [7, 11) is 0. The Hall–Kier alpha value is -2.16. The number of unbranched alkanes of at least 4 members (excludes halogenated alkanes) is 3. The standard InChI is InChI=1S/C19H22O3/c1-2-3-4-8-13-20-18-16(11-12-17-19(18)22-17)21-14-15-9-6-5-7-10-15/h5-7,9-12H,2-4,8,13-14H2,1H3. The topological polar surface area (TPSA) is 31.0 Å². The molecule has 0 aromatic heterocycles. The molecule has 2 aromatic carbocycles. The molecule has 0 saturated heterocycles. The van der Waals surface area contributed by atoms with Gasteiger partial charge in [-0.2, -0.15) is 0 Å². The molecule has 0 unspecified atom stereocenters. The minimum Gasteiger partial charge on any atom is -0.486 e. The largest absolute Gasteiger partial charge is 0.486 e.